The van der Waals surface area contributed by atoms with Crippen LogP contribution < -0.4 is 4.72 Å². The number of nitrogens with one attached hydrogen (secondary N) is 1. The van der Waals surface area contributed by atoms with Crippen molar-refractivity contribution >= 4 is 27.7 Å². The van der Waals surface area contributed by atoms with Gasteiger partial charge in [-0.2, -0.15) is 0 Å². The van der Waals surface area contributed by atoms with Gasteiger partial charge in [-0.1, -0.05) is 54.1 Å². The van der Waals surface area contributed by atoms with Gasteiger partial charge >= 0.3 is 6.09 Å². The molecule has 0 spiro atoms. The molecule has 0 radical (unpaired) electrons. The number of carbonyl (C=O) groups excluding carboxylic acids is 1. The zero-order valence-corrected chi connectivity index (χ0v) is 17.9. The first-order chi connectivity index (χ1) is 13.8. The van der Waals surface area contributed by atoms with E-state index in [2.05, 4.69) is 4.72 Å². The second-order valence-corrected chi connectivity index (χ2v) is 9.68. The Morgan fingerprint density at radius 2 is 1.72 bits per heavy atom. The van der Waals surface area contributed by atoms with Crippen LogP contribution in [0.5, 0.6) is 0 Å². The van der Waals surface area contributed by atoms with Crippen molar-refractivity contribution in [3.8, 4) is 0 Å². The van der Waals surface area contributed by atoms with E-state index < -0.39 is 15.4 Å². The summed E-state index contributed by atoms with van der Waals surface area (Å²) in [5, 5.41) is 0.627. The van der Waals surface area contributed by atoms with Gasteiger partial charge in [0, 0.05) is 30.1 Å². The molecule has 1 N–H and O–H groups in total. The van der Waals surface area contributed by atoms with Crippen LogP contribution in [-0.4, -0.2) is 45.3 Å². The van der Waals surface area contributed by atoms with Crippen molar-refractivity contribution in [3.05, 3.63) is 70.7 Å². The Balaban J connectivity index is 1.66. The molecule has 0 aliphatic carbocycles. The van der Waals surface area contributed by atoms with Gasteiger partial charge in [-0.25, -0.2) is 17.9 Å². The van der Waals surface area contributed by atoms with E-state index in [4.69, 9.17) is 16.3 Å². The molecule has 6 nitrogen and oxygen atoms in total. The molecule has 0 unspecified atom stereocenters. The molecule has 1 saturated heterocycles. The molecule has 156 valence electrons. The highest BCUT2D eigenvalue weighted by Gasteiger charge is 2.38. The van der Waals surface area contributed by atoms with Gasteiger partial charge in [-0.3, -0.25) is 0 Å². The summed E-state index contributed by atoms with van der Waals surface area (Å²) in [5.74, 6) is 0. The van der Waals surface area contributed by atoms with Crippen LogP contribution >= 0.6 is 11.6 Å². The van der Waals surface area contributed by atoms with Crippen LogP contribution in [0.4, 0.5) is 4.79 Å². The summed E-state index contributed by atoms with van der Waals surface area (Å²) in [6, 6.07) is 17.0. The third-order valence-corrected chi connectivity index (χ3v) is 6.23. The zero-order chi connectivity index (χ0) is 20.9. The summed E-state index contributed by atoms with van der Waals surface area (Å²) >= 11 is 6.01. The highest BCUT2D eigenvalue weighted by Crippen LogP contribution is 2.36. The molecule has 1 fully saturated rings. The fraction of sp³-hybridized carbons (Fsp3) is 0.381. The molecule has 1 amide bonds. The second-order valence-electron chi connectivity index (χ2n) is 7.41. The lowest BCUT2D eigenvalue weighted by molar-refractivity contribution is 0.0776. The monoisotopic (exact) mass is 436 g/mol. The quantitative estimate of drug-likeness (QED) is 0.751. The second kappa shape index (κ2) is 9.15. The highest BCUT2D eigenvalue weighted by atomic mass is 35.5. The summed E-state index contributed by atoms with van der Waals surface area (Å²) in [6.45, 7) is 1.48. The van der Waals surface area contributed by atoms with Crippen LogP contribution in [0.3, 0.4) is 0 Å². The number of hydrogen-bond donors (Lipinski definition) is 1. The van der Waals surface area contributed by atoms with E-state index in [1.807, 2.05) is 42.5 Å². The minimum Gasteiger partial charge on any atom is -0.445 e. The molecule has 0 bridgehead atoms. The number of rotatable bonds is 6. The molecule has 1 aliphatic heterocycles. The Kier molecular flexibility index (Phi) is 6.82. The maximum absolute atomic E-state index is 12.5. The minimum absolute atomic E-state index is 0.230. The van der Waals surface area contributed by atoms with Crippen LogP contribution in [0.25, 0.3) is 0 Å². The summed E-state index contributed by atoms with van der Waals surface area (Å²) in [5.41, 5.74) is 1.55. The van der Waals surface area contributed by atoms with Gasteiger partial charge in [0.2, 0.25) is 10.0 Å². The van der Waals surface area contributed by atoms with Gasteiger partial charge in [-0.15, -0.1) is 0 Å². The molecule has 2 aromatic carbocycles. The average Bonchev–Trinajstić information content (AvgIpc) is 2.72. The predicted molar refractivity (Wildman–Crippen MR) is 113 cm³/mol. The van der Waals surface area contributed by atoms with Crippen molar-refractivity contribution in [3.63, 3.8) is 0 Å². The van der Waals surface area contributed by atoms with Gasteiger partial charge in [-0.05, 0) is 36.1 Å². The van der Waals surface area contributed by atoms with E-state index in [0.29, 0.717) is 31.0 Å². The lowest BCUT2D eigenvalue weighted by Crippen LogP contribution is -2.50. The van der Waals surface area contributed by atoms with Crippen molar-refractivity contribution in [1.29, 1.82) is 0 Å². The molecule has 1 heterocycles. The summed E-state index contributed by atoms with van der Waals surface area (Å²) in [4.78, 5) is 14.1. The van der Waals surface area contributed by atoms with Crippen LogP contribution in [0.2, 0.25) is 5.02 Å². The van der Waals surface area contributed by atoms with Crippen LogP contribution in [0, 0.1) is 0 Å². The molecule has 8 heteroatoms. The lowest BCUT2D eigenvalue weighted by Gasteiger charge is -2.42. The summed E-state index contributed by atoms with van der Waals surface area (Å²) < 4.78 is 31.4. The van der Waals surface area contributed by atoms with Gasteiger partial charge in [0.05, 0.1) is 6.26 Å². The van der Waals surface area contributed by atoms with E-state index in [0.717, 1.165) is 17.4 Å². The fourth-order valence-electron chi connectivity index (χ4n) is 3.57. The molecule has 0 aromatic heterocycles. The Morgan fingerprint density at radius 1 is 1.10 bits per heavy atom. The van der Waals surface area contributed by atoms with Crippen LogP contribution in [0.15, 0.2) is 54.6 Å². The number of halogens is 1. The minimum atomic E-state index is -3.33. The predicted octanol–water partition coefficient (Wildman–Crippen LogP) is 3.56. The third-order valence-electron chi connectivity index (χ3n) is 5.31. The van der Waals surface area contributed by atoms with Crippen molar-refractivity contribution in [2.45, 2.75) is 24.9 Å². The van der Waals surface area contributed by atoms with Crippen molar-refractivity contribution in [2.75, 3.05) is 25.9 Å². The molecule has 2 aromatic rings. The standard InChI is InChI=1S/C21H25ClN2O4S/c1-29(26,27)23-16-21(18-7-9-19(22)10-8-18)11-13-24(14-12-21)20(25)28-15-17-5-3-2-4-6-17/h2-10,23H,11-16H2,1H3. The Morgan fingerprint density at radius 3 is 2.31 bits per heavy atom. The number of benzene rings is 2. The SMILES string of the molecule is CS(=O)(=O)NCC1(c2ccc(Cl)cc2)CCN(C(=O)OCc2ccccc2)CC1. The molecular formula is C21H25ClN2O4S. The van der Waals surface area contributed by atoms with E-state index in [1.54, 1.807) is 17.0 Å². The molecule has 0 atom stereocenters. The Hall–Kier alpha value is -2.09. The average molecular weight is 437 g/mol. The maximum atomic E-state index is 12.5. The zero-order valence-electron chi connectivity index (χ0n) is 16.3. The fourth-order valence-corrected chi connectivity index (χ4v) is 4.23. The topological polar surface area (TPSA) is 75.7 Å². The van der Waals surface area contributed by atoms with Crippen LogP contribution in [0.1, 0.15) is 24.0 Å². The normalized spacial score (nSPS) is 16.4. The Labute approximate surface area is 176 Å². The highest BCUT2D eigenvalue weighted by molar-refractivity contribution is 7.88. The molecule has 3 rings (SSSR count). The van der Waals surface area contributed by atoms with Gasteiger partial charge in [0.25, 0.3) is 0 Å². The number of hydrogen-bond acceptors (Lipinski definition) is 4. The molecule has 1 aliphatic rings. The first-order valence-corrected chi connectivity index (χ1v) is 11.7. The van der Waals surface area contributed by atoms with Gasteiger partial charge < -0.3 is 9.64 Å². The number of likely N-dealkylation sites (tertiary alicyclic amines) is 1. The Bertz CT molecular complexity index is 925. The number of sulfonamides is 1. The third kappa shape index (κ3) is 5.95. The van der Waals surface area contributed by atoms with Gasteiger partial charge in [0.15, 0.2) is 0 Å². The van der Waals surface area contributed by atoms with Crippen molar-refractivity contribution in [1.82, 2.24) is 9.62 Å². The summed E-state index contributed by atoms with van der Waals surface area (Å²) in [6.07, 6.45) is 2.04. The number of nitrogens with zero attached hydrogens (tertiary/aromatic N) is 1. The first-order valence-electron chi connectivity index (χ1n) is 9.44. The van der Waals surface area contributed by atoms with Crippen molar-refractivity contribution in [2.24, 2.45) is 0 Å². The molecule has 0 saturated carbocycles. The number of amides is 1. The number of carbonyl (C=O) groups is 1. The number of ether oxygens (including phenoxy) is 1. The van der Waals surface area contributed by atoms with E-state index in [-0.39, 0.29) is 19.2 Å². The number of piperidine rings is 1. The largest absolute Gasteiger partial charge is 0.445 e. The van der Waals surface area contributed by atoms with E-state index >= 15 is 0 Å². The first kappa shape index (κ1) is 21.6. The van der Waals surface area contributed by atoms with Gasteiger partial charge in [0.1, 0.15) is 6.61 Å². The summed E-state index contributed by atoms with van der Waals surface area (Å²) in [7, 11) is -3.33. The van der Waals surface area contributed by atoms with Crippen molar-refractivity contribution < 1.29 is 17.9 Å². The molecular weight excluding hydrogens is 412 g/mol. The van der Waals surface area contributed by atoms with E-state index in [1.165, 1.54) is 0 Å². The lowest BCUT2D eigenvalue weighted by atomic mass is 9.73. The van der Waals surface area contributed by atoms with Crippen LogP contribution in [-0.2, 0) is 26.8 Å². The van der Waals surface area contributed by atoms with E-state index in [9.17, 15) is 13.2 Å². The smallest absolute Gasteiger partial charge is 0.410 e. The molecule has 29 heavy (non-hydrogen) atoms. The maximum Gasteiger partial charge on any atom is 0.410 e.